The maximum Gasteiger partial charge on any atom is 0.261 e. The Balaban J connectivity index is 1.67. The van der Waals surface area contributed by atoms with E-state index in [1.54, 1.807) is 4.90 Å². The van der Waals surface area contributed by atoms with Gasteiger partial charge < -0.3 is 14.2 Å². The molecule has 1 aromatic heterocycles. The van der Waals surface area contributed by atoms with Gasteiger partial charge in [0.25, 0.3) is 5.91 Å². The average Bonchev–Trinajstić information content (AvgIpc) is 3.18. The molecule has 6 nitrogen and oxygen atoms in total. The molecule has 0 fully saturated rings. The van der Waals surface area contributed by atoms with Crippen LogP contribution in [0.5, 0.6) is 5.75 Å². The molecule has 3 rings (SSSR count). The molecule has 2 aromatic carbocycles. The van der Waals surface area contributed by atoms with E-state index in [4.69, 9.17) is 9.26 Å². The molecule has 6 heteroatoms. The van der Waals surface area contributed by atoms with E-state index in [0.29, 0.717) is 17.5 Å². The number of hydrogen-bond acceptors (Lipinski definition) is 5. The Hall–Kier alpha value is -3.15. The van der Waals surface area contributed by atoms with Crippen LogP contribution in [-0.4, -0.2) is 33.1 Å². The summed E-state index contributed by atoms with van der Waals surface area (Å²) < 4.78 is 11.2. The smallest absolute Gasteiger partial charge is 0.261 e. The molecule has 0 unspecified atom stereocenters. The SMILES string of the molecule is CC(C)(C)c1ccc(OCC(=O)N(Cc2nc(-c3ccccc3)no2)C(C)(C)C)cc1. The first kappa shape index (κ1) is 22.5. The molecular formula is C25H31N3O3. The summed E-state index contributed by atoms with van der Waals surface area (Å²) in [5.41, 5.74) is 1.72. The molecule has 0 bridgehead atoms. The van der Waals surface area contributed by atoms with Gasteiger partial charge in [0, 0.05) is 11.1 Å². The zero-order valence-corrected chi connectivity index (χ0v) is 19.2. The highest BCUT2D eigenvalue weighted by atomic mass is 16.5. The number of hydrogen-bond donors (Lipinski definition) is 0. The van der Waals surface area contributed by atoms with Crippen LogP contribution in [0.1, 0.15) is 53.0 Å². The van der Waals surface area contributed by atoms with E-state index in [2.05, 4.69) is 30.9 Å². The van der Waals surface area contributed by atoms with Gasteiger partial charge in [-0.1, -0.05) is 68.4 Å². The zero-order valence-electron chi connectivity index (χ0n) is 19.2. The van der Waals surface area contributed by atoms with Crippen molar-refractivity contribution in [1.82, 2.24) is 15.0 Å². The molecule has 0 saturated heterocycles. The van der Waals surface area contributed by atoms with Crippen molar-refractivity contribution in [3.8, 4) is 17.1 Å². The largest absolute Gasteiger partial charge is 0.484 e. The first-order valence-electron chi connectivity index (χ1n) is 10.5. The van der Waals surface area contributed by atoms with Gasteiger partial charge in [-0.25, -0.2) is 0 Å². The first-order chi connectivity index (χ1) is 14.5. The Labute approximate surface area is 184 Å². The molecule has 164 valence electrons. The lowest BCUT2D eigenvalue weighted by molar-refractivity contribution is -0.139. The number of ether oxygens (including phenoxy) is 1. The van der Waals surface area contributed by atoms with Gasteiger partial charge in [0.05, 0.1) is 0 Å². The summed E-state index contributed by atoms with van der Waals surface area (Å²) in [6.07, 6.45) is 0. The van der Waals surface area contributed by atoms with E-state index in [1.165, 1.54) is 5.56 Å². The molecule has 3 aromatic rings. The molecule has 0 N–H and O–H groups in total. The van der Waals surface area contributed by atoms with Gasteiger partial charge in [0.15, 0.2) is 6.61 Å². The first-order valence-corrected chi connectivity index (χ1v) is 10.5. The fourth-order valence-electron chi connectivity index (χ4n) is 3.13. The summed E-state index contributed by atoms with van der Waals surface area (Å²) in [4.78, 5) is 19.1. The second-order valence-electron chi connectivity index (χ2n) is 9.59. The predicted molar refractivity (Wildman–Crippen MR) is 121 cm³/mol. The van der Waals surface area contributed by atoms with Gasteiger partial charge in [-0.2, -0.15) is 4.98 Å². The highest BCUT2D eigenvalue weighted by Crippen LogP contribution is 2.25. The molecule has 0 atom stereocenters. The summed E-state index contributed by atoms with van der Waals surface area (Å²) in [6.45, 7) is 12.5. The Morgan fingerprint density at radius 2 is 1.61 bits per heavy atom. The maximum atomic E-state index is 13.0. The van der Waals surface area contributed by atoms with Crippen molar-refractivity contribution in [3.05, 3.63) is 66.1 Å². The van der Waals surface area contributed by atoms with E-state index < -0.39 is 5.54 Å². The minimum Gasteiger partial charge on any atom is -0.484 e. The van der Waals surface area contributed by atoms with E-state index in [9.17, 15) is 4.79 Å². The van der Waals surface area contributed by atoms with Crippen LogP contribution in [0.3, 0.4) is 0 Å². The monoisotopic (exact) mass is 421 g/mol. The Bertz CT molecular complexity index is 997. The fourth-order valence-corrected chi connectivity index (χ4v) is 3.13. The second-order valence-corrected chi connectivity index (χ2v) is 9.59. The van der Waals surface area contributed by atoms with E-state index >= 15 is 0 Å². The van der Waals surface area contributed by atoms with Crippen LogP contribution in [0.4, 0.5) is 0 Å². The Morgan fingerprint density at radius 1 is 0.968 bits per heavy atom. The van der Waals surface area contributed by atoms with E-state index in [1.807, 2.05) is 75.4 Å². The molecule has 31 heavy (non-hydrogen) atoms. The van der Waals surface area contributed by atoms with Crippen LogP contribution in [0.25, 0.3) is 11.4 Å². The minimum atomic E-state index is -0.433. The third-order valence-corrected chi connectivity index (χ3v) is 4.99. The van der Waals surface area contributed by atoms with Crippen molar-refractivity contribution in [1.29, 1.82) is 0 Å². The topological polar surface area (TPSA) is 68.5 Å². The summed E-state index contributed by atoms with van der Waals surface area (Å²) in [5.74, 6) is 1.41. The van der Waals surface area contributed by atoms with Crippen LogP contribution in [-0.2, 0) is 16.8 Å². The lowest BCUT2D eigenvalue weighted by Gasteiger charge is -2.34. The number of carbonyl (C=O) groups is 1. The van der Waals surface area contributed by atoms with Crippen molar-refractivity contribution in [3.63, 3.8) is 0 Å². The van der Waals surface area contributed by atoms with E-state index in [0.717, 1.165) is 5.56 Å². The van der Waals surface area contributed by atoms with Gasteiger partial charge in [-0.3, -0.25) is 4.79 Å². The number of amides is 1. The number of rotatable bonds is 6. The lowest BCUT2D eigenvalue weighted by atomic mass is 9.87. The lowest BCUT2D eigenvalue weighted by Crippen LogP contribution is -2.47. The number of benzene rings is 2. The van der Waals surface area contributed by atoms with Crippen LogP contribution in [0.15, 0.2) is 59.1 Å². The Kier molecular flexibility index (Phi) is 6.48. The molecule has 1 heterocycles. The fraction of sp³-hybridized carbons (Fsp3) is 0.400. The van der Waals surface area contributed by atoms with Crippen LogP contribution >= 0.6 is 0 Å². The normalized spacial score (nSPS) is 11.9. The number of nitrogens with zero attached hydrogens (tertiary/aromatic N) is 3. The molecule has 0 saturated carbocycles. The van der Waals surface area contributed by atoms with Gasteiger partial charge >= 0.3 is 0 Å². The molecule has 0 aliphatic heterocycles. The minimum absolute atomic E-state index is 0.0637. The molecular weight excluding hydrogens is 390 g/mol. The van der Waals surface area contributed by atoms with Crippen molar-refractivity contribution in [2.24, 2.45) is 0 Å². The van der Waals surface area contributed by atoms with E-state index in [-0.39, 0.29) is 24.5 Å². The quantitative estimate of drug-likeness (QED) is 0.544. The van der Waals surface area contributed by atoms with Crippen molar-refractivity contribution in [2.45, 2.75) is 59.0 Å². The molecule has 0 radical (unpaired) electrons. The summed E-state index contributed by atoms with van der Waals surface area (Å²) >= 11 is 0. The standard InChI is InChI=1S/C25H31N3O3/c1-24(2,3)19-12-14-20(15-13-19)30-17-22(29)28(25(4,5)6)16-21-26-23(27-31-21)18-10-8-7-9-11-18/h7-15H,16-17H2,1-6H3. The maximum absolute atomic E-state index is 13.0. The molecule has 0 aliphatic carbocycles. The summed E-state index contributed by atoms with van der Waals surface area (Å²) in [5, 5.41) is 4.05. The third kappa shape index (κ3) is 5.94. The molecule has 1 amide bonds. The number of carbonyl (C=O) groups excluding carboxylic acids is 1. The Morgan fingerprint density at radius 3 is 2.19 bits per heavy atom. The highest BCUT2D eigenvalue weighted by Gasteiger charge is 2.29. The summed E-state index contributed by atoms with van der Waals surface area (Å²) in [7, 11) is 0. The molecule has 0 spiro atoms. The average molecular weight is 422 g/mol. The second kappa shape index (κ2) is 8.92. The zero-order chi connectivity index (χ0) is 22.6. The van der Waals surface area contributed by atoms with Crippen LogP contribution in [0, 0.1) is 0 Å². The van der Waals surface area contributed by atoms with Gasteiger partial charge in [0.2, 0.25) is 11.7 Å². The summed E-state index contributed by atoms with van der Waals surface area (Å²) in [6, 6.07) is 17.5. The third-order valence-electron chi connectivity index (χ3n) is 4.99. The van der Waals surface area contributed by atoms with Gasteiger partial charge in [-0.15, -0.1) is 0 Å². The van der Waals surface area contributed by atoms with Crippen molar-refractivity contribution in [2.75, 3.05) is 6.61 Å². The predicted octanol–water partition coefficient (Wildman–Crippen LogP) is 5.24. The van der Waals surface area contributed by atoms with Crippen LogP contribution < -0.4 is 4.74 Å². The van der Waals surface area contributed by atoms with Gasteiger partial charge in [-0.05, 0) is 43.9 Å². The van der Waals surface area contributed by atoms with Crippen molar-refractivity contribution >= 4 is 5.91 Å². The van der Waals surface area contributed by atoms with Crippen molar-refractivity contribution < 1.29 is 14.1 Å². The van der Waals surface area contributed by atoms with Gasteiger partial charge in [0.1, 0.15) is 12.3 Å². The highest BCUT2D eigenvalue weighted by molar-refractivity contribution is 5.78. The number of aromatic nitrogens is 2. The van der Waals surface area contributed by atoms with Crippen LogP contribution in [0.2, 0.25) is 0 Å². The molecule has 0 aliphatic rings.